The summed E-state index contributed by atoms with van der Waals surface area (Å²) in [7, 11) is 0. The Kier molecular flexibility index (Phi) is 3.82. The number of nitrogens with one attached hydrogen (secondary N) is 1. The summed E-state index contributed by atoms with van der Waals surface area (Å²) in [4.78, 5) is 26.8. The molecule has 3 rings (SSSR count). The van der Waals surface area contributed by atoms with E-state index in [-0.39, 0.29) is 11.9 Å². The Hall–Kier alpha value is -1.66. The first-order valence-electron chi connectivity index (χ1n) is 6.79. The van der Waals surface area contributed by atoms with Crippen LogP contribution in [0.15, 0.2) is 18.2 Å². The highest BCUT2D eigenvalue weighted by Crippen LogP contribution is 2.21. The van der Waals surface area contributed by atoms with E-state index in [0.29, 0.717) is 37.7 Å². The number of fused-ring (bicyclic) bond motifs is 1. The topological polar surface area (TPSA) is 52.7 Å². The van der Waals surface area contributed by atoms with Crippen molar-refractivity contribution in [2.75, 3.05) is 26.2 Å². The van der Waals surface area contributed by atoms with Gasteiger partial charge in [0.1, 0.15) is 5.82 Å². The highest BCUT2D eigenvalue weighted by Gasteiger charge is 2.37. The van der Waals surface area contributed by atoms with Gasteiger partial charge in [-0.15, -0.1) is 0 Å². The van der Waals surface area contributed by atoms with Gasteiger partial charge in [-0.1, -0.05) is 11.6 Å². The van der Waals surface area contributed by atoms with E-state index in [2.05, 4.69) is 10.2 Å². The lowest BCUT2D eigenvalue weighted by molar-refractivity contribution is -0.152. The molecule has 2 fully saturated rings. The van der Waals surface area contributed by atoms with Crippen molar-refractivity contribution in [3.8, 4) is 0 Å². The number of hydrogen-bond acceptors (Lipinski definition) is 3. The van der Waals surface area contributed by atoms with E-state index in [0.717, 1.165) is 5.56 Å². The molecule has 1 atom stereocenters. The van der Waals surface area contributed by atoms with Crippen molar-refractivity contribution in [3.05, 3.63) is 34.6 Å². The Morgan fingerprint density at radius 1 is 1.33 bits per heavy atom. The largest absolute Gasteiger partial charge is 0.346 e. The Morgan fingerprint density at radius 3 is 2.95 bits per heavy atom. The summed E-state index contributed by atoms with van der Waals surface area (Å²) in [5.74, 6) is -1.31. The third kappa shape index (κ3) is 2.87. The first kappa shape index (κ1) is 14.3. The van der Waals surface area contributed by atoms with Crippen molar-refractivity contribution in [2.24, 2.45) is 0 Å². The van der Waals surface area contributed by atoms with Crippen LogP contribution in [0.25, 0.3) is 0 Å². The SMILES string of the molecule is O=C1NCC2CN(Cc3cc(F)ccc3Cl)CCN2C1=O. The fourth-order valence-electron chi connectivity index (χ4n) is 2.83. The van der Waals surface area contributed by atoms with Crippen LogP contribution in [0.5, 0.6) is 0 Å². The van der Waals surface area contributed by atoms with Crippen LogP contribution in [0.4, 0.5) is 4.39 Å². The standard InChI is InChI=1S/C14H15ClFN3O2/c15-12-2-1-10(16)5-9(12)7-18-3-4-19-11(8-18)6-17-13(20)14(19)21/h1-2,5,11H,3-4,6-8H2,(H,17,20). The van der Waals surface area contributed by atoms with Gasteiger partial charge >= 0.3 is 11.8 Å². The van der Waals surface area contributed by atoms with Crippen molar-refractivity contribution in [3.63, 3.8) is 0 Å². The third-order valence-electron chi connectivity index (χ3n) is 3.92. The van der Waals surface area contributed by atoms with Gasteiger partial charge in [-0.2, -0.15) is 0 Å². The maximum Gasteiger partial charge on any atom is 0.312 e. The zero-order valence-corrected chi connectivity index (χ0v) is 12.1. The molecule has 1 aromatic carbocycles. The Bertz CT molecular complexity index is 596. The predicted molar refractivity (Wildman–Crippen MR) is 75.2 cm³/mol. The van der Waals surface area contributed by atoms with E-state index in [9.17, 15) is 14.0 Å². The molecule has 21 heavy (non-hydrogen) atoms. The highest BCUT2D eigenvalue weighted by molar-refractivity contribution is 6.35. The van der Waals surface area contributed by atoms with Crippen LogP contribution in [-0.2, 0) is 16.1 Å². The minimum absolute atomic E-state index is 0.0312. The molecular formula is C14H15ClFN3O2. The smallest absolute Gasteiger partial charge is 0.312 e. The van der Waals surface area contributed by atoms with Crippen LogP contribution in [0.3, 0.4) is 0 Å². The van der Waals surface area contributed by atoms with Crippen molar-refractivity contribution < 1.29 is 14.0 Å². The molecule has 0 radical (unpaired) electrons. The van der Waals surface area contributed by atoms with Gasteiger partial charge in [0.15, 0.2) is 0 Å². The van der Waals surface area contributed by atoms with Gasteiger partial charge in [-0.05, 0) is 23.8 Å². The summed E-state index contributed by atoms with van der Waals surface area (Å²) in [6.07, 6.45) is 0. The normalized spacial score (nSPS) is 23.0. The molecule has 1 aromatic rings. The molecule has 2 aliphatic heterocycles. The minimum Gasteiger partial charge on any atom is -0.346 e. The molecular weight excluding hydrogens is 297 g/mol. The number of amides is 2. The third-order valence-corrected chi connectivity index (χ3v) is 4.29. The van der Waals surface area contributed by atoms with Gasteiger partial charge in [0.25, 0.3) is 0 Å². The van der Waals surface area contributed by atoms with E-state index in [1.54, 1.807) is 11.0 Å². The fraction of sp³-hybridized carbons (Fsp3) is 0.429. The average Bonchev–Trinajstić information content (AvgIpc) is 2.47. The van der Waals surface area contributed by atoms with Crippen LogP contribution in [0, 0.1) is 5.82 Å². The Labute approximate surface area is 126 Å². The molecule has 7 heteroatoms. The van der Waals surface area contributed by atoms with E-state index in [4.69, 9.17) is 11.6 Å². The number of rotatable bonds is 2. The first-order chi connectivity index (χ1) is 10.0. The highest BCUT2D eigenvalue weighted by atomic mass is 35.5. The molecule has 2 saturated heterocycles. The van der Waals surface area contributed by atoms with Crippen molar-refractivity contribution in [2.45, 2.75) is 12.6 Å². The van der Waals surface area contributed by atoms with Crippen LogP contribution in [-0.4, -0.2) is 53.8 Å². The lowest BCUT2D eigenvalue weighted by Crippen LogP contribution is -2.65. The van der Waals surface area contributed by atoms with Crippen molar-refractivity contribution >= 4 is 23.4 Å². The van der Waals surface area contributed by atoms with Crippen molar-refractivity contribution in [1.82, 2.24) is 15.1 Å². The van der Waals surface area contributed by atoms with E-state index >= 15 is 0 Å². The lowest BCUT2D eigenvalue weighted by atomic mass is 10.1. The van der Waals surface area contributed by atoms with Gasteiger partial charge < -0.3 is 10.2 Å². The Balaban J connectivity index is 1.68. The second-order valence-corrected chi connectivity index (χ2v) is 5.74. The van der Waals surface area contributed by atoms with Crippen LogP contribution < -0.4 is 5.32 Å². The number of nitrogens with zero attached hydrogens (tertiary/aromatic N) is 2. The first-order valence-corrected chi connectivity index (χ1v) is 7.17. The average molecular weight is 312 g/mol. The molecule has 1 unspecified atom stereocenters. The maximum absolute atomic E-state index is 13.3. The second-order valence-electron chi connectivity index (χ2n) is 5.33. The molecule has 2 heterocycles. The summed E-state index contributed by atoms with van der Waals surface area (Å²) in [6.45, 7) is 2.77. The summed E-state index contributed by atoms with van der Waals surface area (Å²) in [5.41, 5.74) is 0.733. The summed E-state index contributed by atoms with van der Waals surface area (Å²) < 4.78 is 13.3. The van der Waals surface area contributed by atoms with Gasteiger partial charge in [-0.25, -0.2) is 4.39 Å². The van der Waals surface area contributed by atoms with Crippen LogP contribution in [0.1, 0.15) is 5.56 Å². The van der Waals surface area contributed by atoms with E-state index in [1.807, 2.05) is 0 Å². The summed E-state index contributed by atoms with van der Waals surface area (Å²) in [6, 6.07) is 4.28. The number of halogens is 2. The molecule has 0 aliphatic carbocycles. The molecule has 0 saturated carbocycles. The van der Waals surface area contributed by atoms with Crippen LogP contribution >= 0.6 is 11.6 Å². The molecule has 2 amide bonds. The minimum atomic E-state index is -0.534. The number of hydrogen-bond donors (Lipinski definition) is 1. The summed E-state index contributed by atoms with van der Waals surface area (Å²) in [5, 5.41) is 3.13. The number of benzene rings is 1. The molecule has 5 nitrogen and oxygen atoms in total. The molecule has 0 aromatic heterocycles. The summed E-state index contributed by atoms with van der Waals surface area (Å²) >= 11 is 6.08. The Morgan fingerprint density at radius 2 is 2.14 bits per heavy atom. The molecule has 0 spiro atoms. The van der Waals surface area contributed by atoms with E-state index < -0.39 is 11.8 Å². The van der Waals surface area contributed by atoms with E-state index in [1.165, 1.54) is 12.1 Å². The van der Waals surface area contributed by atoms with Gasteiger partial charge in [0.2, 0.25) is 0 Å². The zero-order chi connectivity index (χ0) is 15.0. The second kappa shape index (κ2) is 5.61. The van der Waals surface area contributed by atoms with Gasteiger partial charge in [-0.3, -0.25) is 14.5 Å². The number of piperazine rings is 2. The van der Waals surface area contributed by atoms with Gasteiger partial charge in [0.05, 0.1) is 6.04 Å². The maximum atomic E-state index is 13.3. The fourth-order valence-corrected chi connectivity index (χ4v) is 3.00. The predicted octanol–water partition coefficient (Wildman–Crippen LogP) is 0.622. The molecule has 112 valence electrons. The number of carbonyl (C=O) groups is 2. The lowest BCUT2D eigenvalue weighted by Gasteiger charge is -2.43. The monoisotopic (exact) mass is 311 g/mol. The van der Waals surface area contributed by atoms with Gasteiger partial charge in [0, 0.05) is 37.7 Å². The molecule has 2 aliphatic rings. The zero-order valence-electron chi connectivity index (χ0n) is 11.3. The van der Waals surface area contributed by atoms with Crippen molar-refractivity contribution in [1.29, 1.82) is 0 Å². The number of carbonyl (C=O) groups excluding carboxylic acids is 2. The molecule has 0 bridgehead atoms. The molecule has 1 N–H and O–H groups in total. The quantitative estimate of drug-likeness (QED) is 0.815. The van der Waals surface area contributed by atoms with Crippen LogP contribution in [0.2, 0.25) is 5.02 Å².